The molecule has 1 unspecified atom stereocenters. The average molecular weight is 304 g/mol. The summed E-state index contributed by atoms with van der Waals surface area (Å²) in [6.07, 6.45) is -0.539. The molecule has 2 aromatic rings. The van der Waals surface area contributed by atoms with Gasteiger partial charge in [0.1, 0.15) is 6.61 Å². The Bertz CT molecular complexity index is 613. The maximum Gasteiger partial charge on any atom is 0.548 e. The van der Waals surface area contributed by atoms with Gasteiger partial charge in [-0.15, -0.1) is 4.52 Å². The lowest BCUT2D eigenvalue weighted by atomic mass is 10.2. The van der Waals surface area contributed by atoms with Crippen molar-refractivity contribution in [2.24, 2.45) is 0 Å². The van der Waals surface area contributed by atoms with Crippen molar-refractivity contribution < 1.29 is 18.6 Å². The third kappa shape index (κ3) is 4.67. The van der Waals surface area contributed by atoms with E-state index in [1.165, 1.54) is 7.11 Å². The minimum absolute atomic E-state index is 0.209. The molecule has 0 spiro atoms. The van der Waals surface area contributed by atoms with Crippen molar-refractivity contribution in [3.8, 4) is 0 Å². The van der Waals surface area contributed by atoms with Crippen LogP contribution in [-0.4, -0.2) is 13.2 Å². The Morgan fingerprint density at radius 3 is 2.38 bits per heavy atom. The van der Waals surface area contributed by atoms with Gasteiger partial charge in [0.25, 0.3) is 0 Å². The molecule has 0 bridgehead atoms. The summed E-state index contributed by atoms with van der Waals surface area (Å²) in [5.74, 6) is 0. The van der Waals surface area contributed by atoms with E-state index >= 15 is 0 Å². The molecule has 1 amide bonds. The molecule has 0 radical (unpaired) electrons. The fourth-order valence-electron chi connectivity index (χ4n) is 1.65. The molecule has 2 aromatic carbocycles. The number of rotatable bonds is 5. The van der Waals surface area contributed by atoms with E-state index in [-0.39, 0.29) is 6.61 Å². The molecule has 2 rings (SSSR count). The van der Waals surface area contributed by atoms with Crippen LogP contribution in [0.5, 0.6) is 0 Å². The summed E-state index contributed by atoms with van der Waals surface area (Å²) < 4.78 is 21.3. The van der Waals surface area contributed by atoms with E-state index in [1.807, 2.05) is 30.3 Å². The Morgan fingerprint density at radius 1 is 1.10 bits per heavy atom. The number of amides is 1. The standard InChI is InChI=1S/C15H14NO4P/c1-19-21(18)14-9-7-13(8-10-14)16-15(17)20-11-12-5-3-2-4-6-12/h2-10H,11H2,1H3/p+1. The van der Waals surface area contributed by atoms with E-state index in [4.69, 9.17) is 9.26 Å². The van der Waals surface area contributed by atoms with Crippen LogP contribution in [0.4, 0.5) is 10.5 Å². The Kier molecular flexibility index (Phi) is 5.43. The van der Waals surface area contributed by atoms with Gasteiger partial charge < -0.3 is 4.74 Å². The van der Waals surface area contributed by atoms with Crippen molar-refractivity contribution in [1.29, 1.82) is 0 Å². The van der Waals surface area contributed by atoms with Crippen molar-refractivity contribution in [2.45, 2.75) is 6.61 Å². The molecule has 1 atom stereocenters. The number of anilines is 1. The highest BCUT2D eigenvalue weighted by atomic mass is 31.1. The second-order valence-corrected chi connectivity index (χ2v) is 5.57. The SMILES string of the molecule is CO[P+](=O)c1ccc(NC(=O)OCc2ccccc2)cc1. The fraction of sp³-hybridized carbons (Fsp3) is 0.133. The van der Waals surface area contributed by atoms with Crippen LogP contribution in [-0.2, 0) is 20.4 Å². The van der Waals surface area contributed by atoms with Crippen LogP contribution in [0.1, 0.15) is 5.56 Å². The van der Waals surface area contributed by atoms with Crippen LogP contribution in [0, 0.1) is 0 Å². The largest absolute Gasteiger partial charge is 0.548 e. The smallest absolute Gasteiger partial charge is 0.444 e. The van der Waals surface area contributed by atoms with Crippen molar-refractivity contribution in [2.75, 3.05) is 12.4 Å². The first-order valence-corrected chi connectivity index (χ1v) is 7.46. The quantitative estimate of drug-likeness (QED) is 0.859. The van der Waals surface area contributed by atoms with Gasteiger partial charge in [0.2, 0.25) is 5.30 Å². The zero-order valence-corrected chi connectivity index (χ0v) is 12.4. The lowest BCUT2D eigenvalue weighted by molar-refractivity contribution is 0.155. The van der Waals surface area contributed by atoms with Crippen LogP contribution in [0.15, 0.2) is 54.6 Å². The first-order chi connectivity index (χ1) is 10.2. The van der Waals surface area contributed by atoms with E-state index in [1.54, 1.807) is 24.3 Å². The van der Waals surface area contributed by atoms with Gasteiger partial charge in [0, 0.05) is 5.69 Å². The molecule has 5 nitrogen and oxygen atoms in total. The lowest BCUT2D eigenvalue weighted by Crippen LogP contribution is -2.13. The Morgan fingerprint density at radius 2 is 1.76 bits per heavy atom. The van der Waals surface area contributed by atoms with Crippen LogP contribution in [0.25, 0.3) is 0 Å². The molecule has 108 valence electrons. The zero-order valence-electron chi connectivity index (χ0n) is 11.5. The lowest BCUT2D eigenvalue weighted by Gasteiger charge is -2.06. The van der Waals surface area contributed by atoms with Crippen LogP contribution in [0.2, 0.25) is 0 Å². The van der Waals surface area contributed by atoms with Crippen molar-refractivity contribution in [3.05, 3.63) is 60.2 Å². The summed E-state index contributed by atoms with van der Waals surface area (Å²) in [6.45, 7) is 0.209. The number of nitrogens with one attached hydrogen (secondary N) is 1. The summed E-state index contributed by atoms with van der Waals surface area (Å²) in [6, 6.07) is 16.0. The Hall–Kier alpha value is -2.23. The molecule has 0 aliphatic heterocycles. The molecule has 0 aromatic heterocycles. The zero-order chi connectivity index (χ0) is 15.1. The van der Waals surface area contributed by atoms with Gasteiger partial charge in [-0.3, -0.25) is 5.32 Å². The molecule has 0 fully saturated rings. The Labute approximate surface area is 123 Å². The minimum Gasteiger partial charge on any atom is -0.444 e. The van der Waals surface area contributed by atoms with Gasteiger partial charge in [-0.1, -0.05) is 30.3 Å². The summed E-state index contributed by atoms with van der Waals surface area (Å²) in [5.41, 5.74) is 1.48. The highest BCUT2D eigenvalue weighted by molar-refractivity contribution is 7.48. The third-order valence-corrected chi connectivity index (χ3v) is 3.75. The number of carbonyl (C=O) groups excluding carboxylic acids is 1. The fourth-order valence-corrected chi connectivity index (χ4v) is 2.25. The molecule has 0 saturated carbocycles. The molecular formula is C15H15NO4P+. The van der Waals surface area contributed by atoms with Crippen LogP contribution in [0.3, 0.4) is 0 Å². The predicted molar refractivity (Wildman–Crippen MR) is 80.9 cm³/mol. The van der Waals surface area contributed by atoms with Crippen LogP contribution < -0.4 is 10.6 Å². The molecule has 0 aliphatic carbocycles. The predicted octanol–water partition coefficient (Wildman–Crippen LogP) is 3.45. The number of hydrogen-bond donors (Lipinski definition) is 1. The van der Waals surface area contributed by atoms with Crippen molar-refractivity contribution in [1.82, 2.24) is 0 Å². The molecule has 0 saturated heterocycles. The van der Waals surface area contributed by atoms with Gasteiger partial charge in [-0.25, -0.2) is 4.79 Å². The van der Waals surface area contributed by atoms with E-state index in [0.717, 1.165) is 5.56 Å². The van der Waals surface area contributed by atoms with Crippen LogP contribution >= 0.6 is 8.03 Å². The van der Waals surface area contributed by atoms with E-state index < -0.39 is 14.1 Å². The second kappa shape index (κ2) is 7.53. The van der Waals surface area contributed by atoms with Crippen molar-refractivity contribution >= 4 is 25.1 Å². The highest BCUT2D eigenvalue weighted by Gasteiger charge is 2.19. The number of hydrogen-bond acceptors (Lipinski definition) is 4. The topological polar surface area (TPSA) is 64.6 Å². The first kappa shape index (κ1) is 15.2. The average Bonchev–Trinajstić information content (AvgIpc) is 2.54. The summed E-state index contributed by atoms with van der Waals surface area (Å²) >= 11 is 0. The molecular weight excluding hydrogens is 289 g/mol. The third-order valence-electron chi connectivity index (χ3n) is 2.70. The summed E-state index contributed by atoms with van der Waals surface area (Å²) in [5, 5.41) is 3.16. The van der Waals surface area contributed by atoms with Gasteiger partial charge in [-0.05, 0) is 34.4 Å². The minimum atomic E-state index is -1.84. The highest BCUT2D eigenvalue weighted by Crippen LogP contribution is 2.20. The van der Waals surface area contributed by atoms with Crippen molar-refractivity contribution in [3.63, 3.8) is 0 Å². The van der Waals surface area contributed by atoms with E-state index in [2.05, 4.69) is 5.32 Å². The molecule has 0 heterocycles. The summed E-state index contributed by atoms with van der Waals surface area (Å²) in [7, 11) is -0.456. The number of benzene rings is 2. The number of carbonyl (C=O) groups is 1. The van der Waals surface area contributed by atoms with Gasteiger partial charge >= 0.3 is 14.1 Å². The normalized spacial score (nSPS) is 10.8. The second-order valence-electron chi connectivity index (χ2n) is 4.17. The monoisotopic (exact) mass is 304 g/mol. The molecule has 0 aliphatic rings. The molecule has 21 heavy (non-hydrogen) atoms. The maximum absolute atomic E-state index is 11.6. The van der Waals surface area contributed by atoms with Gasteiger partial charge in [-0.2, -0.15) is 0 Å². The maximum atomic E-state index is 11.6. The number of ether oxygens (including phenoxy) is 1. The summed E-state index contributed by atoms with van der Waals surface area (Å²) in [4.78, 5) is 11.6. The van der Waals surface area contributed by atoms with E-state index in [0.29, 0.717) is 11.0 Å². The van der Waals surface area contributed by atoms with Gasteiger partial charge in [0.05, 0.1) is 7.11 Å². The molecule has 6 heteroatoms. The molecule has 1 N–H and O–H groups in total. The first-order valence-electron chi connectivity index (χ1n) is 6.28. The van der Waals surface area contributed by atoms with E-state index in [9.17, 15) is 9.36 Å². The van der Waals surface area contributed by atoms with Gasteiger partial charge in [0.15, 0.2) is 0 Å². The Balaban J connectivity index is 1.86.